The molecule has 0 aromatic carbocycles. The van der Waals surface area contributed by atoms with Crippen LogP contribution in [0.3, 0.4) is 0 Å². The third kappa shape index (κ3) is 3.21. The van der Waals surface area contributed by atoms with Crippen LogP contribution in [0.2, 0.25) is 0 Å². The van der Waals surface area contributed by atoms with Crippen molar-refractivity contribution in [3.63, 3.8) is 0 Å². The van der Waals surface area contributed by atoms with E-state index >= 15 is 0 Å². The third-order valence-electron chi connectivity index (χ3n) is 4.29. The van der Waals surface area contributed by atoms with E-state index in [9.17, 15) is 0 Å². The summed E-state index contributed by atoms with van der Waals surface area (Å²) in [6, 6.07) is 0. The molecule has 2 fully saturated rings. The standard InChI is InChI=1S/C14H28N2/c1-3-4-5-10-16-11-6-9-15-14(2,12-16)13-7-8-13/h13,15H,3-12H2,1-2H3. The molecule has 0 amide bonds. The normalized spacial score (nSPS) is 32.6. The highest BCUT2D eigenvalue weighted by Crippen LogP contribution is 2.40. The van der Waals surface area contributed by atoms with Crippen LogP contribution in [0.15, 0.2) is 0 Å². The molecule has 2 heteroatoms. The predicted molar refractivity (Wildman–Crippen MR) is 69.7 cm³/mol. The molecule has 0 bridgehead atoms. The summed E-state index contributed by atoms with van der Waals surface area (Å²) >= 11 is 0. The van der Waals surface area contributed by atoms with E-state index in [4.69, 9.17) is 0 Å². The molecule has 1 saturated carbocycles. The van der Waals surface area contributed by atoms with Gasteiger partial charge in [-0.05, 0) is 58.2 Å². The minimum Gasteiger partial charge on any atom is -0.310 e. The quantitative estimate of drug-likeness (QED) is 0.722. The molecule has 1 atom stereocenters. The Balaban J connectivity index is 1.82. The molecule has 1 saturated heterocycles. The minimum atomic E-state index is 0.419. The van der Waals surface area contributed by atoms with Crippen LogP contribution < -0.4 is 5.32 Å². The molecule has 1 aliphatic carbocycles. The summed E-state index contributed by atoms with van der Waals surface area (Å²) in [6.07, 6.45) is 8.35. The van der Waals surface area contributed by atoms with Crippen molar-refractivity contribution in [2.24, 2.45) is 5.92 Å². The first-order valence-electron chi connectivity index (χ1n) is 7.22. The third-order valence-corrected chi connectivity index (χ3v) is 4.29. The smallest absolute Gasteiger partial charge is 0.0308 e. The number of nitrogens with one attached hydrogen (secondary N) is 1. The lowest BCUT2D eigenvalue weighted by Gasteiger charge is -2.34. The largest absolute Gasteiger partial charge is 0.310 e. The second-order valence-electron chi connectivity index (χ2n) is 5.96. The summed E-state index contributed by atoms with van der Waals surface area (Å²) in [5.74, 6) is 0.958. The summed E-state index contributed by atoms with van der Waals surface area (Å²) < 4.78 is 0. The lowest BCUT2D eigenvalue weighted by atomic mass is 9.95. The van der Waals surface area contributed by atoms with Gasteiger partial charge in [-0.3, -0.25) is 0 Å². The maximum absolute atomic E-state index is 3.80. The fraction of sp³-hybridized carbons (Fsp3) is 1.00. The number of hydrogen-bond donors (Lipinski definition) is 1. The highest BCUT2D eigenvalue weighted by atomic mass is 15.2. The fourth-order valence-corrected chi connectivity index (χ4v) is 3.05. The average molecular weight is 224 g/mol. The average Bonchev–Trinajstić information content (AvgIpc) is 3.06. The second kappa shape index (κ2) is 5.50. The Kier molecular flexibility index (Phi) is 4.26. The Hall–Kier alpha value is -0.0800. The van der Waals surface area contributed by atoms with Crippen molar-refractivity contribution < 1.29 is 0 Å². The number of rotatable bonds is 5. The van der Waals surface area contributed by atoms with Gasteiger partial charge in [0.15, 0.2) is 0 Å². The van der Waals surface area contributed by atoms with E-state index in [1.165, 1.54) is 64.7 Å². The van der Waals surface area contributed by atoms with E-state index in [1.807, 2.05) is 0 Å². The van der Waals surface area contributed by atoms with Gasteiger partial charge in [-0.15, -0.1) is 0 Å². The molecule has 2 aliphatic rings. The lowest BCUT2D eigenvalue weighted by molar-refractivity contribution is 0.198. The minimum absolute atomic E-state index is 0.419. The lowest BCUT2D eigenvalue weighted by Crippen LogP contribution is -2.51. The summed E-state index contributed by atoms with van der Waals surface area (Å²) in [7, 11) is 0. The van der Waals surface area contributed by atoms with Gasteiger partial charge in [0.1, 0.15) is 0 Å². The van der Waals surface area contributed by atoms with Crippen molar-refractivity contribution in [3.8, 4) is 0 Å². The Morgan fingerprint density at radius 1 is 1.31 bits per heavy atom. The zero-order valence-corrected chi connectivity index (χ0v) is 11.1. The van der Waals surface area contributed by atoms with Gasteiger partial charge < -0.3 is 10.2 Å². The monoisotopic (exact) mass is 224 g/mol. The fourth-order valence-electron chi connectivity index (χ4n) is 3.05. The van der Waals surface area contributed by atoms with Crippen molar-refractivity contribution in [1.82, 2.24) is 10.2 Å². The highest BCUT2D eigenvalue weighted by molar-refractivity contribution is 5.00. The van der Waals surface area contributed by atoms with Crippen LogP contribution in [0.5, 0.6) is 0 Å². The van der Waals surface area contributed by atoms with Crippen LogP contribution in [-0.4, -0.2) is 36.6 Å². The molecule has 1 heterocycles. The van der Waals surface area contributed by atoms with Gasteiger partial charge in [-0.25, -0.2) is 0 Å². The highest BCUT2D eigenvalue weighted by Gasteiger charge is 2.42. The van der Waals surface area contributed by atoms with Crippen LogP contribution in [0.25, 0.3) is 0 Å². The maximum atomic E-state index is 3.80. The number of nitrogens with zero attached hydrogens (tertiary/aromatic N) is 1. The van der Waals surface area contributed by atoms with Gasteiger partial charge in [-0.1, -0.05) is 19.8 Å². The molecule has 0 spiro atoms. The first-order valence-corrected chi connectivity index (χ1v) is 7.22. The predicted octanol–water partition coefficient (Wildman–Crippen LogP) is 2.64. The van der Waals surface area contributed by atoms with Gasteiger partial charge >= 0.3 is 0 Å². The van der Waals surface area contributed by atoms with E-state index in [2.05, 4.69) is 24.1 Å². The molecule has 1 unspecified atom stereocenters. The van der Waals surface area contributed by atoms with E-state index < -0.39 is 0 Å². The molecule has 0 radical (unpaired) electrons. The van der Waals surface area contributed by atoms with E-state index in [0.29, 0.717) is 5.54 Å². The Morgan fingerprint density at radius 2 is 2.12 bits per heavy atom. The molecular formula is C14H28N2. The zero-order valence-electron chi connectivity index (χ0n) is 11.1. The molecule has 1 aliphatic heterocycles. The number of hydrogen-bond acceptors (Lipinski definition) is 2. The van der Waals surface area contributed by atoms with Crippen LogP contribution in [0, 0.1) is 5.92 Å². The summed E-state index contributed by atoms with van der Waals surface area (Å²) in [5, 5.41) is 3.80. The van der Waals surface area contributed by atoms with Gasteiger partial charge in [0.25, 0.3) is 0 Å². The molecular weight excluding hydrogens is 196 g/mol. The van der Waals surface area contributed by atoms with Crippen molar-refractivity contribution in [2.45, 2.75) is 57.9 Å². The molecule has 0 aromatic rings. The second-order valence-corrected chi connectivity index (χ2v) is 5.96. The SMILES string of the molecule is CCCCCN1CCCNC(C)(C2CC2)C1. The summed E-state index contributed by atoms with van der Waals surface area (Å²) in [4.78, 5) is 2.70. The van der Waals surface area contributed by atoms with Gasteiger partial charge in [-0.2, -0.15) is 0 Å². The van der Waals surface area contributed by atoms with Gasteiger partial charge in [0.05, 0.1) is 0 Å². The first-order chi connectivity index (χ1) is 7.74. The molecule has 2 rings (SSSR count). The van der Waals surface area contributed by atoms with Crippen molar-refractivity contribution in [3.05, 3.63) is 0 Å². The molecule has 94 valence electrons. The molecule has 0 aromatic heterocycles. The van der Waals surface area contributed by atoms with Crippen LogP contribution in [0.1, 0.15) is 52.4 Å². The van der Waals surface area contributed by atoms with Gasteiger partial charge in [0, 0.05) is 12.1 Å². The number of unbranched alkanes of at least 4 members (excludes halogenated alkanes) is 2. The molecule has 1 N–H and O–H groups in total. The van der Waals surface area contributed by atoms with Gasteiger partial charge in [0.2, 0.25) is 0 Å². The maximum Gasteiger partial charge on any atom is 0.0308 e. The first kappa shape index (κ1) is 12.4. The zero-order chi connectivity index (χ0) is 11.4. The Morgan fingerprint density at radius 3 is 2.81 bits per heavy atom. The van der Waals surface area contributed by atoms with Crippen LogP contribution in [-0.2, 0) is 0 Å². The topological polar surface area (TPSA) is 15.3 Å². The van der Waals surface area contributed by atoms with E-state index in [-0.39, 0.29) is 0 Å². The molecule has 2 nitrogen and oxygen atoms in total. The Bertz CT molecular complexity index is 213. The summed E-state index contributed by atoms with van der Waals surface area (Å²) in [5.41, 5.74) is 0.419. The van der Waals surface area contributed by atoms with Crippen molar-refractivity contribution in [2.75, 3.05) is 26.2 Å². The van der Waals surface area contributed by atoms with Crippen LogP contribution in [0.4, 0.5) is 0 Å². The molecule has 16 heavy (non-hydrogen) atoms. The van der Waals surface area contributed by atoms with E-state index in [1.54, 1.807) is 0 Å². The Labute approximate surface area is 101 Å². The summed E-state index contributed by atoms with van der Waals surface area (Å²) in [6.45, 7) is 9.86. The van der Waals surface area contributed by atoms with Crippen molar-refractivity contribution in [1.29, 1.82) is 0 Å². The van der Waals surface area contributed by atoms with E-state index in [0.717, 1.165) is 5.92 Å². The van der Waals surface area contributed by atoms with Crippen molar-refractivity contribution >= 4 is 0 Å². The van der Waals surface area contributed by atoms with Crippen LogP contribution >= 0.6 is 0 Å².